The lowest BCUT2D eigenvalue weighted by Crippen LogP contribution is -2.39. The summed E-state index contributed by atoms with van der Waals surface area (Å²) < 4.78 is 0. The Kier molecular flexibility index (Phi) is 5.99. The van der Waals surface area contributed by atoms with Crippen LogP contribution in [0.15, 0.2) is 24.3 Å². The van der Waals surface area contributed by atoms with Crippen LogP contribution in [0.1, 0.15) is 13.8 Å². The number of benzene rings is 1. The van der Waals surface area contributed by atoms with E-state index in [0.717, 1.165) is 5.69 Å². The number of nitrogens with one attached hydrogen (secondary N) is 2. The molecule has 0 spiro atoms. The molecule has 1 saturated heterocycles. The Morgan fingerprint density at radius 2 is 2.14 bits per heavy atom. The van der Waals surface area contributed by atoms with Crippen molar-refractivity contribution in [1.82, 2.24) is 5.32 Å². The molecule has 116 valence electrons. The molecule has 0 radical (unpaired) electrons. The van der Waals surface area contributed by atoms with Crippen molar-refractivity contribution < 1.29 is 9.59 Å². The average Bonchev–Trinajstić information content (AvgIpc) is 2.84. The Bertz CT molecular complexity index is 521. The monoisotopic (exact) mass is 312 g/mol. The summed E-state index contributed by atoms with van der Waals surface area (Å²) in [6.07, 6.45) is 0. The highest BCUT2D eigenvalue weighted by Gasteiger charge is 2.22. The van der Waals surface area contributed by atoms with E-state index >= 15 is 0 Å². The lowest BCUT2D eigenvalue weighted by molar-refractivity contribution is -0.118. The van der Waals surface area contributed by atoms with Crippen molar-refractivity contribution in [3.05, 3.63) is 24.3 Å². The van der Waals surface area contributed by atoms with Crippen LogP contribution in [0.3, 0.4) is 0 Å². The van der Waals surface area contributed by atoms with Crippen LogP contribution in [-0.4, -0.2) is 31.1 Å². The minimum Gasteiger partial charge on any atom is -0.336 e. The van der Waals surface area contributed by atoms with Crippen LogP contribution in [0.4, 0.5) is 16.2 Å². The summed E-state index contributed by atoms with van der Waals surface area (Å²) in [4.78, 5) is 25.2. The van der Waals surface area contributed by atoms with Crippen LogP contribution in [-0.2, 0) is 4.79 Å². The summed E-state index contributed by atoms with van der Waals surface area (Å²) in [7, 11) is 0. The second-order valence-corrected chi connectivity index (χ2v) is 5.19. The van der Waals surface area contributed by atoms with Crippen molar-refractivity contribution in [1.29, 1.82) is 0 Å². The summed E-state index contributed by atoms with van der Waals surface area (Å²) in [5.74, 6) is -0.148. The van der Waals surface area contributed by atoms with Crippen molar-refractivity contribution in [2.75, 3.05) is 23.3 Å². The Morgan fingerprint density at radius 3 is 2.71 bits per heavy atom. The van der Waals surface area contributed by atoms with Gasteiger partial charge in [0.25, 0.3) is 0 Å². The third kappa shape index (κ3) is 4.09. The summed E-state index contributed by atoms with van der Waals surface area (Å²) in [6.45, 7) is 5.06. The molecule has 7 heteroatoms. The van der Waals surface area contributed by atoms with Gasteiger partial charge in [0.15, 0.2) is 0 Å². The van der Waals surface area contributed by atoms with Gasteiger partial charge in [-0.05, 0) is 24.1 Å². The minimum atomic E-state index is -0.547. The first-order valence-corrected chi connectivity index (χ1v) is 6.71. The molecular weight excluding hydrogens is 292 g/mol. The second kappa shape index (κ2) is 7.28. The molecule has 4 N–H and O–H groups in total. The average molecular weight is 313 g/mol. The zero-order valence-electron chi connectivity index (χ0n) is 12.1. The third-order valence-electron chi connectivity index (χ3n) is 3.30. The lowest BCUT2D eigenvalue weighted by Gasteiger charge is -2.18. The van der Waals surface area contributed by atoms with Gasteiger partial charge in [0, 0.05) is 24.5 Å². The lowest BCUT2D eigenvalue weighted by atomic mass is 10.0. The van der Waals surface area contributed by atoms with Crippen LogP contribution in [0.5, 0.6) is 0 Å². The number of nitrogens with zero attached hydrogens (tertiary/aromatic N) is 1. The summed E-state index contributed by atoms with van der Waals surface area (Å²) in [5.41, 5.74) is 7.21. The van der Waals surface area contributed by atoms with Gasteiger partial charge >= 0.3 is 6.03 Å². The maximum absolute atomic E-state index is 11.9. The fourth-order valence-electron chi connectivity index (χ4n) is 2.00. The smallest absolute Gasteiger partial charge is 0.321 e. The van der Waals surface area contributed by atoms with Crippen LogP contribution in [0.2, 0.25) is 0 Å². The number of rotatable bonds is 4. The van der Waals surface area contributed by atoms with E-state index in [2.05, 4.69) is 10.6 Å². The number of carbonyl (C=O) groups excluding carboxylic acids is 2. The van der Waals surface area contributed by atoms with Gasteiger partial charge in [-0.3, -0.25) is 9.69 Å². The first-order chi connectivity index (χ1) is 9.49. The SMILES string of the molecule is CC(C)[C@H](N)C(=O)Nc1cccc(N2CCNC2=O)c1.Cl. The van der Waals surface area contributed by atoms with Gasteiger partial charge in [-0.2, -0.15) is 0 Å². The highest BCUT2D eigenvalue weighted by atomic mass is 35.5. The first kappa shape index (κ1) is 17.3. The summed E-state index contributed by atoms with van der Waals surface area (Å²) in [6, 6.07) is 6.53. The van der Waals surface area contributed by atoms with E-state index in [1.807, 2.05) is 19.9 Å². The molecule has 3 amide bonds. The van der Waals surface area contributed by atoms with Crippen LogP contribution in [0.25, 0.3) is 0 Å². The molecule has 1 aromatic rings. The molecule has 0 bridgehead atoms. The number of hydrogen-bond acceptors (Lipinski definition) is 3. The van der Waals surface area contributed by atoms with Gasteiger partial charge in [0.05, 0.1) is 6.04 Å². The zero-order valence-corrected chi connectivity index (χ0v) is 12.9. The molecule has 1 aliphatic rings. The quantitative estimate of drug-likeness (QED) is 0.788. The number of hydrogen-bond donors (Lipinski definition) is 3. The Labute approximate surface area is 130 Å². The molecule has 0 aromatic heterocycles. The molecular formula is C14H21ClN4O2. The van der Waals surface area contributed by atoms with Gasteiger partial charge in [-0.25, -0.2) is 4.79 Å². The van der Waals surface area contributed by atoms with Crippen LogP contribution < -0.4 is 21.3 Å². The number of nitrogens with two attached hydrogens (primary N) is 1. The third-order valence-corrected chi connectivity index (χ3v) is 3.30. The maximum Gasteiger partial charge on any atom is 0.321 e. The van der Waals surface area contributed by atoms with Gasteiger partial charge in [0.2, 0.25) is 5.91 Å². The molecule has 2 rings (SSSR count). The molecule has 1 aliphatic heterocycles. The number of halogens is 1. The summed E-state index contributed by atoms with van der Waals surface area (Å²) in [5, 5.41) is 5.52. The van der Waals surface area contributed by atoms with E-state index in [1.54, 1.807) is 23.1 Å². The minimum absolute atomic E-state index is 0. The first-order valence-electron chi connectivity index (χ1n) is 6.71. The molecule has 6 nitrogen and oxygen atoms in total. The second-order valence-electron chi connectivity index (χ2n) is 5.19. The van der Waals surface area contributed by atoms with Crippen molar-refractivity contribution in [2.24, 2.45) is 11.7 Å². The van der Waals surface area contributed by atoms with Crippen LogP contribution in [0, 0.1) is 5.92 Å². The van der Waals surface area contributed by atoms with E-state index in [1.165, 1.54) is 0 Å². The van der Waals surface area contributed by atoms with Gasteiger partial charge in [-0.1, -0.05) is 19.9 Å². The number of carbonyl (C=O) groups is 2. The molecule has 1 aromatic carbocycles. The molecule has 1 heterocycles. The maximum atomic E-state index is 11.9. The van der Waals surface area contributed by atoms with E-state index < -0.39 is 6.04 Å². The molecule has 21 heavy (non-hydrogen) atoms. The normalized spacial score (nSPS) is 15.4. The zero-order chi connectivity index (χ0) is 14.7. The fourth-order valence-corrected chi connectivity index (χ4v) is 2.00. The summed E-state index contributed by atoms with van der Waals surface area (Å²) >= 11 is 0. The van der Waals surface area contributed by atoms with Crippen molar-refractivity contribution in [3.63, 3.8) is 0 Å². The topological polar surface area (TPSA) is 87.5 Å². The fraction of sp³-hybridized carbons (Fsp3) is 0.429. The van der Waals surface area contributed by atoms with E-state index in [-0.39, 0.29) is 30.3 Å². The van der Waals surface area contributed by atoms with Gasteiger partial charge in [-0.15, -0.1) is 12.4 Å². The number of anilines is 2. The predicted octanol–water partition coefficient (Wildman–Crippen LogP) is 1.56. The Morgan fingerprint density at radius 1 is 1.43 bits per heavy atom. The van der Waals surface area contributed by atoms with Gasteiger partial charge < -0.3 is 16.4 Å². The molecule has 0 saturated carbocycles. The predicted molar refractivity (Wildman–Crippen MR) is 85.9 cm³/mol. The Balaban J connectivity index is 0.00000220. The van der Waals surface area contributed by atoms with E-state index in [9.17, 15) is 9.59 Å². The molecule has 0 aliphatic carbocycles. The standard InChI is InChI=1S/C14H20N4O2.ClH/c1-9(2)12(15)13(19)17-10-4-3-5-11(8-10)18-7-6-16-14(18)20;/h3-5,8-9,12H,6-7,15H2,1-2H3,(H,16,20)(H,17,19);1H/t12-;/m0./s1. The van der Waals surface area contributed by atoms with Gasteiger partial charge in [0.1, 0.15) is 0 Å². The number of amides is 3. The largest absolute Gasteiger partial charge is 0.336 e. The van der Waals surface area contributed by atoms with Crippen molar-refractivity contribution in [2.45, 2.75) is 19.9 Å². The number of urea groups is 1. The molecule has 0 unspecified atom stereocenters. The van der Waals surface area contributed by atoms with Crippen molar-refractivity contribution in [3.8, 4) is 0 Å². The van der Waals surface area contributed by atoms with E-state index in [0.29, 0.717) is 18.8 Å². The Hall–Kier alpha value is -1.79. The van der Waals surface area contributed by atoms with E-state index in [4.69, 9.17) is 5.73 Å². The van der Waals surface area contributed by atoms with Crippen molar-refractivity contribution >= 4 is 35.7 Å². The van der Waals surface area contributed by atoms with Crippen LogP contribution >= 0.6 is 12.4 Å². The highest BCUT2D eigenvalue weighted by molar-refractivity contribution is 5.97. The highest BCUT2D eigenvalue weighted by Crippen LogP contribution is 2.21. The molecule has 1 fully saturated rings. The molecule has 1 atom stereocenters.